The van der Waals surface area contributed by atoms with Gasteiger partial charge in [0.05, 0.1) is 0 Å². The molecule has 0 aliphatic carbocycles. The highest BCUT2D eigenvalue weighted by atomic mass is 16.5. The minimum absolute atomic E-state index is 0.00410. The van der Waals surface area contributed by atoms with Crippen LogP contribution in [0.1, 0.15) is 258 Å². The summed E-state index contributed by atoms with van der Waals surface area (Å²) >= 11 is 0. The number of carbonyl (C=O) groups is 2. The second kappa shape index (κ2) is 41.1. The average molecular weight is 691 g/mol. The van der Waals surface area contributed by atoms with E-state index in [0.717, 1.165) is 64.2 Å². The van der Waals surface area contributed by atoms with Crippen LogP contribution in [0.5, 0.6) is 0 Å². The quantitative estimate of drug-likeness (QED) is 0.0394. The number of hydrogen-bond acceptors (Lipinski definition) is 3. The number of carboxylic acid groups (broad SMARTS) is 1. The smallest absolute Gasteiger partial charge is 0.306 e. The Morgan fingerprint density at radius 3 is 1.10 bits per heavy atom. The van der Waals surface area contributed by atoms with Crippen molar-refractivity contribution in [2.45, 2.75) is 264 Å². The Kier molecular flexibility index (Phi) is 40.0. The number of ether oxygens (including phenoxy) is 1. The summed E-state index contributed by atoms with van der Waals surface area (Å²) in [6.07, 6.45) is 51.0. The van der Waals surface area contributed by atoms with Gasteiger partial charge >= 0.3 is 11.9 Å². The minimum Gasteiger partial charge on any atom is -0.481 e. The number of carbonyl (C=O) groups excluding carboxylic acids is 1. The minimum atomic E-state index is -0.697. The number of rotatable bonds is 41. The summed E-state index contributed by atoms with van der Waals surface area (Å²) in [5.74, 6) is -0.693. The number of unbranched alkanes of at least 4 members (excludes halogenated alkanes) is 30. The zero-order valence-corrected chi connectivity index (χ0v) is 33.3. The molecule has 0 aromatic rings. The van der Waals surface area contributed by atoms with Crippen LogP contribution in [-0.4, -0.2) is 23.1 Å². The van der Waals surface area contributed by atoms with Gasteiger partial charge in [-0.1, -0.05) is 193 Å². The molecule has 0 bridgehead atoms. The Balaban J connectivity index is 3.96. The Bertz CT molecular complexity index is 702. The van der Waals surface area contributed by atoms with E-state index in [1.54, 1.807) is 0 Å². The van der Waals surface area contributed by atoms with Crippen LogP contribution in [0.15, 0.2) is 12.2 Å². The topological polar surface area (TPSA) is 63.6 Å². The average Bonchev–Trinajstić information content (AvgIpc) is 3.09. The normalized spacial score (nSPS) is 12.2. The van der Waals surface area contributed by atoms with E-state index in [9.17, 15) is 9.59 Å². The van der Waals surface area contributed by atoms with E-state index in [1.807, 2.05) is 0 Å². The largest absolute Gasteiger partial charge is 0.481 e. The molecule has 0 radical (unpaired) electrons. The molecule has 1 atom stereocenters. The molecule has 0 saturated carbocycles. The molecule has 0 fully saturated rings. The number of allylic oxidation sites excluding steroid dienone is 2. The molecule has 0 aromatic carbocycles. The van der Waals surface area contributed by atoms with E-state index in [0.29, 0.717) is 6.42 Å². The molecule has 4 nitrogen and oxygen atoms in total. The summed E-state index contributed by atoms with van der Waals surface area (Å²) in [4.78, 5) is 23.4. The van der Waals surface area contributed by atoms with Crippen LogP contribution in [0.4, 0.5) is 0 Å². The van der Waals surface area contributed by atoms with Gasteiger partial charge in [0.15, 0.2) is 0 Å². The van der Waals surface area contributed by atoms with Crippen molar-refractivity contribution in [3.05, 3.63) is 12.2 Å². The van der Waals surface area contributed by atoms with Gasteiger partial charge in [-0.05, 0) is 64.2 Å². The highest BCUT2D eigenvalue weighted by Gasteiger charge is 2.14. The van der Waals surface area contributed by atoms with E-state index in [-0.39, 0.29) is 18.5 Å². The maximum atomic E-state index is 12.7. The molecule has 4 heteroatoms. The van der Waals surface area contributed by atoms with Crippen molar-refractivity contribution in [3.8, 4) is 0 Å². The van der Waals surface area contributed by atoms with Crippen molar-refractivity contribution in [3.63, 3.8) is 0 Å². The van der Waals surface area contributed by atoms with Crippen LogP contribution >= 0.6 is 0 Å². The van der Waals surface area contributed by atoms with Crippen molar-refractivity contribution < 1.29 is 19.4 Å². The third kappa shape index (κ3) is 41.0. The molecule has 49 heavy (non-hydrogen) atoms. The molecular weight excluding hydrogens is 604 g/mol. The lowest BCUT2D eigenvalue weighted by atomic mass is 10.0. The second-order valence-electron chi connectivity index (χ2n) is 15.2. The monoisotopic (exact) mass is 691 g/mol. The van der Waals surface area contributed by atoms with E-state index >= 15 is 0 Å². The predicted octanol–water partition coefficient (Wildman–Crippen LogP) is 15.4. The van der Waals surface area contributed by atoms with Gasteiger partial charge in [-0.25, -0.2) is 0 Å². The van der Waals surface area contributed by atoms with Crippen molar-refractivity contribution in [1.82, 2.24) is 0 Å². The molecule has 0 spiro atoms. The van der Waals surface area contributed by atoms with Gasteiger partial charge in [0, 0.05) is 12.8 Å². The first kappa shape index (κ1) is 47.7. The molecule has 1 N–H and O–H groups in total. The summed E-state index contributed by atoms with van der Waals surface area (Å²) in [6.45, 7) is 4.56. The van der Waals surface area contributed by atoms with Crippen LogP contribution in [0.2, 0.25) is 0 Å². The van der Waals surface area contributed by atoms with Crippen LogP contribution in [0.3, 0.4) is 0 Å². The van der Waals surface area contributed by atoms with Gasteiger partial charge in [0.1, 0.15) is 6.10 Å². The molecule has 0 aliphatic rings. The number of aliphatic carboxylic acids is 1. The Morgan fingerprint density at radius 1 is 0.429 bits per heavy atom. The standard InChI is InChI=1S/C45H86O4/c1-3-5-7-9-11-13-15-17-18-19-20-21-23-25-27-29-34-38-42-45(48)49-43(40-36-32-30-33-37-41-44(46)47)39-35-31-28-26-24-22-16-14-12-10-8-6-4-2/h18-19,43H,3-17,20-42H2,1-2H3,(H,46,47)/b19-18-. The molecule has 0 heterocycles. The SMILES string of the molecule is CCCCCCCCC/C=C\CCCCCCCCCC(=O)OC(CCCCCCCCCCCCCCC)CCCCCCCC(=O)O. The predicted molar refractivity (Wildman–Crippen MR) is 213 cm³/mol. The first-order chi connectivity index (χ1) is 24.1. The summed E-state index contributed by atoms with van der Waals surface area (Å²) in [5, 5.41) is 8.84. The van der Waals surface area contributed by atoms with Crippen LogP contribution in [0, 0.1) is 0 Å². The van der Waals surface area contributed by atoms with Crippen LogP contribution in [-0.2, 0) is 14.3 Å². The Morgan fingerprint density at radius 2 is 0.735 bits per heavy atom. The van der Waals surface area contributed by atoms with Crippen LogP contribution < -0.4 is 0 Å². The second-order valence-corrected chi connectivity index (χ2v) is 15.2. The highest BCUT2D eigenvalue weighted by molar-refractivity contribution is 5.69. The van der Waals surface area contributed by atoms with Gasteiger partial charge in [-0.15, -0.1) is 0 Å². The Labute approximate surface area is 306 Å². The highest BCUT2D eigenvalue weighted by Crippen LogP contribution is 2.19. The van der Waals surface area contributed by atoms with Gasteiger partial charge in [-0.3, -0.25) is 9.59 Å². The van der Waals surface area contributed by atoms with Crippen LogP contribution in [0.25, 0.3) is 0 Å². The van der Waals surface area contributed by atoms with Gasteiger partial charge in [0.25, 0.3) is 0 Å². The fourth-order valence-corrected chi connectivity index (χ4v) is 6.95. The zero-order valence-electron chi connectivity index (χ0n) is 33.3. The molecule has 0 aromatic heterocycles. The Hall–Kier alpha value is -1.32. The van der Waals surface area contributed by atoms with Crippen molar-refractivity contribution >= 4 is 11.9 Å². The van der Waals surface area contributed by atoms with E-state index in [1.165, 1.54) is 167 Å². The van der Waals surface area contributed by atoms with E-state index in [2.05, 4.69) is 26.0 Å². The lowest BCUT2D eigenvalue weighted by Gasteiger charge is -2.18. The summed E-state index contributed by atoms with van der Waals surface area (Å²) in [5.41, 5.74) is 0. The molecule has 290 valence electrons. The third-order valence-electron chi connectivity index (χ3n) is 10.2. The van der Waals surface area contributed by atoms with Crippen molar-refractivity contribution in [1.29, 1.82) is 0 Å². The first-order valence-corrected chi connectivity index (χ1v) is 22.2. The van der Waals surface area contributed by atoms with Gasteiger partial charge in [-0.2, -0.15) is 0 Å². The lowest BCUT2D eigenvalue weighted by Crippen LogP contribution is -2.18. The fourth-order valence-electron chi connectivity index (χ4n) is 6.95. The first-order valence-electron chi connectivity index (χ1n) is 22.2. The molecule has 0 aliphatic heterocycles. The zero-order chi connectivity index (χ0) is 35.7. The summed E-state index contributed by atoms with van der Waals surface area (Å²) in [7, 11) is 0. The van der Waals surface area contributed by atoms with Gasteiger partial charge < -0.3 is 9.84 Å². The lowest BCUT2D eigenvalue weighted by molar-refractivity contribution is -0.150. The fraction of sp³-hybridized carbons (Fsp3) is 0.911. The maximum absolute atomic E-state index is 12.7. The van der Waals surface area contributed by atoms with Gasteiger partial charge in [0.2, 0.25) is 0 Å². The maximum Gasteiger partial charge on any atom is 0.306 e. The van der Waals surface area contributed by atoms with Crippen molar-refractivity contribution in [2.24, 2.45) is 0 Å². The molecule has 0 amide bonds. The molecule has 0 rings (SSSR count). The molecular formula is C45H86O4. The van der Waals surface area contributed by atoms with E-state index in [4.69, 9.17) is 9.84 Å². The van der Waals surface area contributed by atoms with Crippen molar-refractivity contribution in [2.75, 3.05) is 0 Å². The summed E-state index contributed by atoms with van der Waals surface area (Å²) < 4.78 is 6.03. The number of carboxylic acids is 1. The molecule has 0 saturated heterocycles. The number of hydrogen-bond donors (Lipinski definition) is 1. The number of esters is 1. The summed E-state index contributed by atoms with van der Waals surface area (Å²) in [6, 6.07) is 0. The molecule has 1 unspecified atom stereocenters. The van der Waals surface area contributed by atoms with E-state index < -0.39 is 5.97 Å². The third-order valence-corrected chi connectivity index (χ3v) is 10.2.